The van der Waals surface area contributed by atoms with Gasteiger partial charge in [-0.3, -0.25) is 5.32 Å². The first-order chi connectivity index (χ1) is 11.7. The minimum Gasteiger partial charge on any atom is -0.331 e. The molecule has 7 heteroatoms. The van der Waals surface area contributed by atoms with Gasteiger partial charge in [0.2, 0.25) is 0 Å². The standard InChI is InChI=1S/C17H15N5OS/c1-22-13-8-4-2-6-11(13)19-15(22)10-18-16(23)21-17-20-12-7-3-5-9-14(12)24-17/h2-9H,10H2,1H3,(H2,18,20,21,23). The molecule has 6 nitrogen and oxygen atoms in total. The molecule has 2 heterocycles. The fourth-order valence-electron chi connectivity index (χ4n) is 2.58. The summed E-state index contributed by atoms with van der Waals surface area (Å²) in [7, 11) is 1.94. The van der Waals surface area contributed by atoms with Crippen molar-refractivity contribution in [3.8, 4) is 0 Å². The van der Waals surface area contributed by atoms with Crippen molar-refractivity contribution in [1.29, 1.82) is 0 Å². The van der Waals surface area contributed by atoms with Crippen LogP contribution in [0.15, 0.2) is 48.5 Å². The number of imidazole rings is 1. The number of fused-ring (bicyclic) bond motifs is 2. The van der Waals surface area contributed by atoms with E-state index >= 15 is 0 Å². The summed E-state index contributed by atoms with van der Waals surface area (Å²) in [5, 5.41) is 6.18. The molecule has 0 atom stereocenters. The molecule has 0 spiro atoms. The van der Waals surface area contributed by atoms with Gasteiger partial charge < -0.3 is 9.88 Å². The lowest BCUT2D eigenvalue weighted by Crippen LogP contribution is -2.29. The van der Waals surface area contributed by atoms with Gasteiger partial charge in [-0.15, -0.1) is 0 Å². The molecule has 120 valence electrons. The molecule has 2 N–H and O–H groups in total. The third-order valence-corrected chi connectivity index (χ3v) is 4.75. The number of rotatable bonds is 3. The van der Waals surface area contributed by atoms with Gasteiger partial charge in [-0.25, -0.2) is 14.8 Å². The first-order valence-electron chi connectivity index (χ1n) is 7.51. The molecule has 0 aliphatic carbocycles. The number of para-hydroxylation sites is 3. The summed E-state index contributed by atoms with van der Waals surface area (Å²) in [6, 6.07) is 15.4. The zero-order chi connectivity index (χ0) is 16.5. The number of benzene rings is 2. The topological polar surface area (TPSA) is 71.8 Å². The molecule has 0 aliphatic rings. The van der Waals surface area contributed by atoms with Gasteiger partial charge in [0.25, 0.3) is 0 Å². The van der Waals surface area contributed by atoms with Crippen LogP contribution in [0.3, 0.4) is 0 Å². The van der Waals surface area contributed by atoms with E-state index in [1.54, 1.807) is 0 Å². The largest absolute Gasteiger partial charge is 0.331 e. The molecule has 4 aromatic rings. The van der Waals surface area contributed by atoms with Crippen LogP contribution < -0.4 is 10.6 Å². The van der Waals surface area contributed by atoms with Crippen LogP contribution in [0.1, 0.15) is 5.82 Å². The lowest BCUT2D eigenvalue weighted by molar-refractivity contribution is 0.251. The van der Waals surface area contributed by atoms with E-state index in [1.165, 1.54) is 11.3 Å². The molecule has 0 unspecified atom stereocenters. The summed E-state index contributed by atoms with van der Waals surface area (Å²) >= 11 is 1.45. The SMILES string of the molecule is Cn1c(CNC(=O)Nc2nc3ccccc3s2)nc2ccccc21. The highest BCUT2D eigenvalue weighted by atomic mass is 32.1. The Morgan fingerprint density at radius 1 is 1.08 bits per heavy atom. The van der Waals surface area contributed by atoms with E-state index in [0.717, 1.165) is 27.1 Å². The van der Waals surface area contributed by atoms with Gasteiger partial charge in [-0.05, 0) is 24.3 Å². The fraction of sp³-hybridized carbons (Fsp3) is 0.118. The minimum absolute atomic E-state index is 0.291. The Morgan fingerprint density at radius 3 is 2.62 bits per heavy atom. The Balaban J connectivity index is 1.45. The van der Waals surface area contributed by atoms with E-state index in [2.05, 4.69) is 20.6 Å². The van der Waals surface area contributed by atoms with Crippen LogP contribution in [0.2, 0.25) is 0 Å². The summed E-state index contributed by atoms with van der Waals surface area (Å²) in [5.41, 5.74) is 2.84. The van der Waals surface area contributed by atoms with Gasteiger partial charge in [0.1, 0.15) is 5.82 Å². The Bertz CT molecular complexity index is 1000. The van der Waals surface area contributed by atoms with Crippen molar-refractivity contribution in [2.24, 2.45) is 7.05 Å². The number of carbonyl (C=O) groups excluding carboxylic acids is 1. The predicted octanol–water partition coefficient (Wildman–Crippen LogP) is 3.50. The summed E-state index contributed by atoms with van der Waals surface area (Å²) in [6.07, 6.45) is 0. The first-order valence-corrected chi connectivity index (χ1v) is 8.33. The third kappa shape index (κ3) is 2.69. The number of amides is 2. The van der Waals surface area contributed by atoms with E-state index in [1.807, 2.05) is 60.1 Å². The second-order valence-corrected chi connectivity index (χ2v) is 6.40. The molecule has 0 saturated heterocycles. The Labute approximate surface area is 142 Å². The van der Waals surface area contributed by atoms with E-state index in [9.17, 15) is 4.79 Å². The van der Waals surface area contributed by atoms with Crippen molar-refractivity contribution in [2.45, 2.75) is 6.54 Å². The predicted molar refractivity (Wildman–Crippen MR) is 96.2 cm³/mol. The maximum absolute atomic E-state index is 12.1. The smallest absolute Gasteiger partial charge is 0.321 e. The molecule has 2 amide bonds. The normalized spacial score (nSPS) is 11.0. The number of thiazole rings is 1. The zero-order valence-corrected chi connectivity index (χ0v) is 13.8. The molecule has 2 aromatic heterocycles. The maximum Gasteiger partial charge on any atom is 0.321 e. The number of carbonyl (C=O) groups is 1. The highest BCUT2D eigenvalue weighted by molar-refractivity contribution is 7.22. The van der Waals surface area contributed by atoms with Crippen LogP contribution in [-0.4, -0.2) is 20.6 Å². The molecule has 0 saturated carbocycles. The Hall–Kier alpha value is -2.93. The average Bonchev–Trinajstić information content (AvgIpc) is 3.14. The van der Waals surface area contributed by atoms with Gasteiger partial charge in [-0.2, -0.15) is 0 Å². The number of hydrogen-bond acceptors (Lipinski definition) is 4. The number of urea groups is 1. The molecular weight excluding hydrogens is 322 g/mol. The Kier molecular flexibility index (Phi) is 3.62. The molecule has 24 heavy (non-hydrogen) atoms. The number of aryl methyl sites for hydroxylation is 1. The van der Waals surface area contributed by atoms with Crippen molar-refractivity contribution in [3.63, 3.8) is 0 Å². The number of aromatic nitrogens is 3. The molecular formula is C17H15N5OS. The molecule has 0 aliphatic heterocycles. The van der Waals surface area contributed by atoms with Crippen LogP contribution in [0.4, 0.5) is 9.93 Å². The molecule has 0 radical (unpaired) electrons. The maximum atomic E-state index is 12.1. The number of nitrogens with zero attached hydrogens (tertiary/aromatic N) is 3. The van der Waals surface area contributed by atoms with Crippen LogP contribution in [0.25, 0.3) is 21.3 Å². The van der Waals surface area contributed by atoms with Gasteiger partial charge in [0, 0.05) is 7.05 Å². The van der Waals surface area contributed by atoms with Crippen molar-refractivity contribution >= 4 is 43.7 Å². The van der Waals surface area contributed by atoms with Gasteiger partial charge in [0.05, 0.1) is 27.8 Å². The van der Waals surface area contributed by atoms with E-state index in [0.29, 0.717) is 11.7 Å². The quantitative estimate of drug-likeness (QED) is 0.601. The second kappa shape index (κ2) is 5.93. The monoisotopic (exact) mass is 337 g/mol. The Morgan fingerprint density at radius 2 is 1.83 bits per heavy atom. The van der Waals surface area contributed by atoms with Crippen LogP contribution in [-0.2, 0) is 13.6 Å². The summed E-state index contributed by atoms with van der Waals surface area (Å²) < 4.78 is 3.02. The molecule has 4 rings (SSSR count). The van der Waals surface area contributed by atoms with Crippen LogP contribution in [0, 0.1) is 0 Å². The summed E-state index contributed by atoms with van der Waals surface area (Å²) in [5.74, 6) is 0.802. The third-order valence-electron chi connectivity index (χ3n) is 3.80. The summed E-state index contributed by atoms with van der Waals surface area (Å²) in [4.78, 5) is 21.0. The lowest BCUT2D eigenvalue weighted by Gasteiger charge is -2.05. The van der Waals surface area contributed by atoms with Crippen molar-refractivity contribution in [2.75, 3.05) is 5.32 Å². The lowest BCUT2D eigenvalue weighted by atomic mass is 10.3. The summed E-state index contributed by atoms with van der Waals surface area (Å²) in [6.45, 7) is 0.349. The van der Waals surface area contributed by atoms with E-state index in [4.69, 9.17) is 0 Å². The first kappa shape index (κ1) is 14.6. The molecule has 0 bridgehead atoms. The van der Waals surface area contributed by atoms with Gasteiger partial charge in [-0.1, -0.05) is 35.6 Å². The second-order valence-electron chi connectivity index (χ2n) is 5.37. The van der Waals surface area contributed by atoms with Crippen LogP contribution in [0.5, 0.6) is 0 Å². The highest BCUT2D eigenvalue weighted by Crippen LogP contribution is 2.25. The minimum atomic E-state index is -0.291. The van der Waals surface area contributed by atoms with E-state index < -0.39 is 0 Å². The molecule has 2 aromatic carbocycles. The zero-order valence-electron chi connectivity index (χ0n) is 13.0. The van der Waals surface area contributed by atoms with Gasteiger partial charge in [0.15, 0.2) is 5.13 Å². The van der Waals surface area contributed by atoms with Crippen molar-refractivity contribution in [3.05, 3.63) is 54.4 Å². The number of nitrogens with one attached hydrogen (secondary N) is 2. The highest BCUT2D eigenvalue weighted by Gasteiger charge is 2.10. The van der Waals surface area contributed by atoms with Crippen molar-refractivity contribution < 1.29 is 4.79 Å². The van der Waals surface area contributed by atoms with Crippen LogP contribution >= 0.6 is 11.3 Å². The van der Waals surface area contributed by atoms with Crippen molar-refractivity contribution in [1.82, 2.24) is 19.9 Å². The number of anilines is 1. The molecule has 0 fully saturated rings. The fourth-order valence-corrected chi connectivity index (χ4v) is 3.44. The number of hydrogen-bond donors (Lipinski definition) is 2. The van der Waals surface area contributed by atoms with Gasteiger partial charge >= 0.3 is 6.03 Å². The van der Waals surface area contributed by atoms with E-state index in [-0.39, 0.29) is 6.03 Å². The average molecular weight is 337 g/mol.